The van der Waals surface area contributed by atoms with E-state index in [9.17, 15) is 24.2 Å². The minimum absolute atomic E-state index is 0. The Morgan fingerprint density at radius 2 is 1.23 bits per heavy atom. The smallest absolute Gasteiger partial charge is 1.00 e. The fourth-order valence-corrected chi connectivity index (χ4v) is 18.2. The van der Waals surface area contributed by atoms with Crippen LogP contribution < -0.4 is 108 Å². The Morgan fingerprint density at radius 1 is 0.787 bits per heavy atom. The summed E-state index contributed by atoms with van der Waals surface area (Å²) < 4.78 is 28.2. The molecule has 0 saturated heterocycles. The van der Waals surface area contributed by atoms with Gasteiger partial charge in [0.05, 0.1) is 63.2 Å². The molecule has 3 N–H and O–H groups in total. The number of fused-ring (bicyclic) bond motifs is 10. The number of H-pyrrole nitrogens is 1. The second-order valence-electron chi connectivity index (χ2n) is 24.6. The molecule has 0 aliphatic heterocycles. The maximum absolute atomic E-state index is 13.4. The van der Waals surface area contributed by atoms with Gasteiger partial charge in [0.25, 0.3) is 6.47 Å². The summed E-state index contributed by atoms with van der Waals surface area (Å²) in [6.45, 7) is 15.1. The molecule has 8 aliphatic carbocycles. The van der Waals surface area contributed by atoms with Gasteiger partial charge in [0.15, 0.2) is 5.78 Å². The second-order valence-corrected chi connectivity index (χ2v) is 25.1. The van der Waals surface area contributed by atoms with Crippen LogP contribution in [0.25, 0.3) is 0 Å². The Balaban J connectivity index is 0.000000598. The molecule has 0 unspecified atom stereocenters. The van der Waals surface area contributed by atoms with Crippen LogP contribution in [0.1, 0.15) is 172 Å². The summed E-state index contributed by atoms with van der Waals surface area (Å²) in [6, 6.07) is 0. The van der Waals surface area contributed by atoms with Crippen molar-refractivity contribution >= 4 is 34.0 Å². The number of nitrogens with one attached hydrogen (secondary N) is 1. The number of carbonyl (C=O) groups is 3. The van der Waals surface area contributed by atoms with E-state index in [1.54, 1.807) is 33.1 Å². The van der Waals surface area contributed by atoms with E-state index in [0.29, 0.717) is 65.2 Å². The molecule has 8 fully saturated rings. The molecule has 16 atom stereocenters. The van der Waals surface area contributed by atoms with Gasteiger partial charge in [-0.2, -0.15) is 0 Å². The Morgan fingerprint density at radius 3 is 1.57 bits per heavy atom. The molecule has 420 valence electrons. The van der Waals surface area contributed by atoms with Crippen LogP contribution in [-0.2, 0) is 35.3 Å². The van der Waals surface area contributed by atoms with Crippen LogP contribution in [0, 0.1) is 94.7 Å². The first kappa shape index (κ1) is 70.0. The minimum Gasteiger partial charge on any atom is -1.00 e. The molecular weight excluding hydrogens is 1070 g/mol. The number of aryl methyl sites for hydroxylation is 2. The molecule has 10 rings (SSSR count). The molecule has 17 heteroatoms. The maximum Gasteiger partial charge on any atom is 1.00 e. The van der Waals surface area contributed by atoms with E-state index in [1.165, 1.54) is 64.2 Å². The van der Waals surface area contributed by atoms with Gasteiger partial charge in [0, 0.05) is 44.1 Å². The zero-order valence-corrected chi connectivity index (χ0v) is 54.1. The number of hydrogen-bond acceptors (Lipinski definition) is 11. The molecule has 2 aromatic heterocycles. The zero-order chi connectivity index (χ0) is 52.7. The fraction of sp³-hybridized carbons (Fsp3) is 0.845. The summed E-state index contributed by atoms with van der Waals surface area (Å²) in [4.78, 5) is 48.2. The standard InChI is InChI=1S/C27H42N2O3.C23H37BrO3.C4H6N2.CH3F.CH2O3.2CH4.2K.H/c1-18-14-29(17-28-18)15-24(30)23-8-7-21-20-6-5-19-13-27(31,16-32-4)12-11-25(19,2)22(20)9-10-26(21,23)3;1-21-10-11-23(26,14-27-3)12-15(21)4-5-16-17-6-7-19(20(25)13-24)22(17,2)9-8-18(16)21;1-4-2-5-3-6-4;1-2;2-1-4-3;;;;;/h14,17,19-23,31H,5-13,15-16H2,1-4H3;15-19,26H,4-14H2,1-3H3;2-3H,1H3,(H,5,6);1H3;1,3H;2*1H4;;;/q;;;;;;;2*+1;-1/p-1/t19-,20-,21-,22-,23+,25-,26-,27+;15-,16-,17-,18-,19+,21-,22-,23+;;;;;;;;/m00......../s1/i;;;1D;;;;;;. The number of carbonyl (C=O) groups excluding carboxylic acids is 3. The first-order valence-corrected chi connectivity index (χ1v) is 27.9. The van der Waals surface area contributed by atoms with Gasteiger partial charge in [-0.05, 0) is 198 Å². The molecular formula is C58H98BrFK2N4O9. The number of rotatable bonds is 10. The van der Waals surface area contributed by atoms with Gasteiger partial charge in [0.2, 0.25) is 0 Å². The molecule has 13 nitrogen and oxygen atoms in total. The van der Waals surface area contributed by atoms with Crippen LogP contribution in [0.15, 0.2) is 25.0 Å². The number of imidazole rings is 2. The Hall–Kier alpha value is 0.713. The molecule has 2 heterocycles. The monoisotopic (exact) mass is 1170 g/mol. The van der Waals surface area contributed by atoms with Crippen LogP contribution in [0.4, 0.5) is 4.39 Å². The number of nitrogens with zero attached hydrogens (tertiary/aromatic N) is 3. The number of aromatic amines is 1. The molecule has 2 aromatic rings. The van der Waals surface area contributed by atoms with E-state index in [-0.39, 0.29) is 148 Å². The summed E-state index contributed by atoms with van der Waals surface area (Å²) in [5, 5.41) is 31.0. The first-order valence-electron chi connectivity index (χ1n) is 27.4. The third kappa shape index (κ3) is 15.5. The molecule has 0 amide bonds. The number of alkyl halides is 2. The van der Waals surface area contributed by atoms with Crippen molar-refractivity contribution in [1.29, 1.82) is 0 Å². The van der Waals surface area contributed by atoms with E-state index in [1.807, 2.05) is 24.6 Å². The van der Waals surface area contributed by atoms with Crippen molar-refractivity contribution in [2.75, 3.05) is 39.9 Å². The Kier molecular flexibility index (Phi) is 28.8. The van der Waals surface area contributed by atoms with Crippen molar-refractivity contribution in [2.45, 2.75) is 190 Å². The second kappa shape index (κ2) is 30.9. The van der Waals surface area contributed by atoms with Crippen LogP contribution in [0.3, 0.4) is 0 Å². The van der Waals surface area contributed by atoms with Crippen LogP contribution >= 0.6 is 15.9 Å². The quantitative estimate of drug-likeness (QED) is 0.0965. The van der Waals surface area contributed by atoms with Crippen LogP contribution in [0.2, 0.25) is 0 Å². The number of ether oxygens (including phenoxy) is 2. The molecule has 8 saturated carbocycles. The number of ketones is 2. The fourth-order valence-electron chi connectivity index (χ4n) is 17.8. The van der Waals surface area contributed by atoms with Crippen molar-refractivity contribution in [3.05, 3.63) is 36.4 Å². The zero-order valence-electron chi connectivity index (χ0n) is 48.3. The van der Waals surface area contributed by atoms with Crippen LogP contribution in [-0.4, -0.2) is 98.9 Å². The Labute approximate surface area is 547 Å². The van der Waals surface area contributed by atoms with Gasteiger partial charge < -0.3 is 40.8 Å². The number of halogens is 2. The van der Waals surface area contributed by atoms with Gasteiger partial charge in [-0.25, -0.2) is 9.97 Å². The number of hydrogen-bond donors (Lipinski definition) is 3. The summed E-state index contributed by atoms with van der Waals surface area (Å²) in [7, 11) is 2.41. The summed E-state index contributed by atoms with van der Waals surface area (Å²) in [5.74, 6) is 6.99. The molecule has 0 aromatic carbocycles. The van der Waals surface area contributed by atoms with E-state index in [2.05, 4.69) is 63.5 Å². The third-order valence-corrected chi connectivity index (χ3v) is 21.7. The molecule has 75 heavy (non-hydrogen) atoms. The average Bonchev–Trinajstić information content (AvgIpc) is 4.16. The molecule has 0 bridgehead atoms. The molecule has 0 spiro atoms. The average molecular weight is 1170 g/mol. The van der Waals surface area contributed by atoms with Gasteiger partial charge >= 0.3 is 103 Å². The van der Waals surface area contributed by atoms with Crippen molar-refractivity contribution in [1.82, 2.24) is 19.5 Å². The predicted octanol–water partition coefficient (Wildman–Crippen LogP) is 4.92. The summed E-state index contributed by atoms with van der Waals surface area (Å²) >= 11 is 3.43. The number of Topliss-reactive ketones (excluding diaryl/α,β-unsaturated/α-hetero) is 2. The maximum atomic E-state index is 13.4. The third-order valence-electron chi connectivity index (χ3n) is 21.2. The van der Waals surface area contributed by atoms with Gasteiger partial charge in [-0.3, -0.25) is 18.8 Å². The van der Waals surface area contributed by atoms with E-state index in [4.69, 9.17) is 20.9 Å². The van der Waals surface area contributed by atoms with E-state index < -0.39 is 18.4 Å². The molecule has 8 aliphatic rings. The van der Waals surface area contributed by atoms with E-state index in [0.717, 1.165) is 92.3 Å². The number of aliphatic hydroxyl groups is 2. The summed E-state index contributed by atoms with van der Waals surface area (Å²) in [6.07, 6.45) is 27.6. The minimum atomic E-state index is -1.00. The van der Waals surface area contributed by atoms with Gasteiger partial charge in [0.1, 0.15) is 5.78 Å². The predicted molar refractivity (Wildman–Crippen MR) is 287 cm³/mol. The Bertz CT molecular complexity index is 2090. The molecule has 0 radical (unpaired) electrons. The van der Waals surface area contributed by atoms with Crippen molar-refractivity contribution in [3.8, 4) is 0 Å². The SMILES string of the molecule is C.C.COC[C@@]1(O)CC[C@@]2(C)[C@@H](CC[C@@H]3[C@@H]2CC[C@]2(C)[C@@H](C(=O)CBr)CC[C@@H]32)C1.COC[C@@]1(O)CC[C@@]2(C)[C@@H](CC[C@@H]3[C@@H]2CC[C@]2(C)[C@@H](C(=O)Cn4cnc(C)c4)CC[C@@H]32)C1.Cc1cnc[nH]1.O=CO[O-].[2H]CF.[H-].[K+].[K+]. The largest absolute Gasteiger partial charge is 1.00 e. The van der Waals surface area contributed by atoms with Crippen molar-refractivity contribution in [2.24, 2.45) is 80.8 Å². The number of methoxy groups -OCH3 is 2. The van der Waals surface area contributed by atoms with Crippen molar-refractivity contribution < 1.29 is 154 Å². The van der Waals surface area contributed by atoms with Gasteiger partial charge in [-0.15, -0.1) is 0 Å². The summed E-state index contributed by atoms with van der Waals surface area (Å²) in [5.41, 5.74) is 1.91. The van der Waals surface area contributed by atoms with Gasteiger partial charge in [-0.1, -0.05) is 58.5 Å². The van der Waals surface area contributed by atoms with Crippen LogP contribution in [0.5, 0.6) is 0 Å². The topological polar surface area (TPSA) is 189 Å². The van der Waals surface area contributed by atoms with Crippen molar-refractivity contribution in [3.63, 3.8) is 0 Å². The first-order chi connectivity index (χ1) is 34.2. The normalized spacial score (nSPS) is 39.5. The number of aromatic nitrogens is 4. The van der Waals surface area contributed by atoms with E-state index >= 15 is 0 Å².